The fourth-order valence-corrected chi connectivity index (χ4v) is 1.39. The van der Waals surface area contributed by atoms with Gasteiger partial charge in [-0.1, -0.05) is 12.0 Å². The van der Waals surface area contributed by atoms with E-state index < -0.39 is 0 Å². The Hall–Kier alpha value is -2.35. The van der Waals surface area contributed by atoms with E-state index in [1.54, 1.807) is 11.0 Å². The van der Waals surface area contributed by atoms with Gasteiger partial charge in [0, 0.05) is 5.69 Å². The number of benzene rings is 1. The van der Waals surface area contributed by atoms with Crippen molar-refractivity contribution in [2.45, 2.75) is 6.92 Å². The van der Waals surface area contributed by atoms with E-state index in [9.17, 15) is 0 Å². The number of tetrazole rings is 1. The molecule has 1 aromatic heterocycles. The summed E-state index contributed by atoms with van der Waals surface area (Å²) in [5.41, 5.74) is 2.99. The van der Waals surface area contributed by atoms with Crippen molar-refractivity contribution in [1.29, 1.82) is 0 Å². The molecule has 0 bridgehead atoms. The van der Waals surface area contributed by atoms with Crippen molar-refractivity contribution >= 4 is 5.69 Å². The average molecular weight is 213 g/mol. The van der Waals surface area contributed by atoms with Crippen molar-refractivity contribution in [3.8, 4) is 18.0 Å². The lowest BCUT2D eigenvalue weighted by Gasteiger charge is -2.08. The Morgan fingerprint density at radius 3 is 3.06 bits per heavy atom. The lowest BCUT2D eigenvalue weighted by Crippen LogP contribution is -2.02. The first kappa shape index (κ1) is 10.2. The summed E-state index contributed by atoms with van der Waals surface area (Å²) < 4.78 is 1.62. The Balaban J connectivity index is 2.34. The summed E-state index contributed by atoms with van der Waals surface area (Å²) >= 11 is 0. The number of nitrogens with zero attached hydrogens (tertiary/aromatic N) is 4. The Kier molecular flexibility index (Phi) is 2.83. The van der Waals surface area contributed by atoms with Gasteiger partial charge in [0.15, 0.2) is 0 Å². The molecule has 0 aliphatic carbocycles. The minimum Gasteiger partial charge on any atom is -0.374 e. The highest BCUT2D eigenvalue weighted by Crippen LogP contribution is 2.17. The molecule has 0 spiro atoms. The number of nitrogens with one attached hydrogen (secondary N) is 1. The molecule has 0 amide bonds. The highest BCUT2D eigenvalue weighted by molar-refractivity contribution is 5.54. The van der Waals surface area contributed by atoms with E-state index in [-0.39, 0.29) is 0 Å². The van der Waals surface area contributed by atoms with Gasteiger partial charge in [-0.15, -0.1) is 11.5 Å². The third-order valence-electron chi connectivity index (χ3n) is 2.20. The second-order valence-electron chi connectivity index (χ2n) is 3.31. The number of rotatable bonds is 3. The van der Waals surface area contributed by atoms with Gasteiger partial charge in [-0.05, 0) is 35.0 Å². The maximum atomic E-state index is 5.19. The van der Waals surface area contributed by atoms with Crippen LogP contribution in [0.1, 0.15) is 5.56 Å². The van der Waals surface area contributed by atoms with E-state index in [2.05, 4.69) is 26.8 Å². The molecule has 80 valence electrons. The predicted molar refractivity (Wildman–Crippen MR) is 61.2 cm³/mol. The quantitative estimate of drug-likeness (QED) is 0.773. The molecule has 0 saturated heterocycles. The van der Waals surface area contributed by atoms with Crippen LogP contribution in [0.3, 0.4) is 0 Å². The number of aryl methyl sites for hydroxylation is 1. The minimum atomic E-state index is 0.498. The van der Waals surface area contributed by atoms with Crippen LogP contribution in [0.4, 0.5) is 5.69 Å². The zero-order chi connectivity index (χ0) is 11.4. The molecular weight excluding hydrogens is 202 g/mol. The molecule has 2 aromatic rings. The maximum absolute atomic E-state index is 5.19. The number of terminal acetylenes is 1. The normalized spacial score (nSPS) is 9.75. The minimum absolute atomic E-state index is 0.498. The van der Waals surface area contributed by atoms with E-state index in [1.807, 2.05) is 25.1 Å². The van der Waals surface area contributed by atoms with Gasteiger partial charge in [-0.25, -0.2) is 4.68 Å². The van der Waals surface area contributed by atoms with Crippen molar-refractivity contribution in [2.75, 3.05) is 11.9 Å². The van der Waals surface area contributed by atoms with Crippen molar-refractivity contribution in [3.63, 3.8) is 0 Å². The second kappa shape index (κ2) is 4.45. The van der Waals surface area contributed by atoms with Gasteiger partial charge in [0.05, 0.1) is 12.2 Å². The smallest absolute Gasteiger partial charge is 0.143 e. The van der Waals surface area contributed by atoms with E-state index in [0.29, 0.717) is 6.54 Å². The lowest BCUT2D eigenvalue weighted by molar-refractivity contribution is 0.785. The Labute approximate surface area is 93.5 Å². The molecule has 5 heteroatoms. The monoisotopic (exact) mass is 213 g/mol. The van der Waals surface area contributed by atoms with Crippen molar-refractivity contribution < 1.29 is 0 Å². The molecule has 0 aliphatic rings. The molecule has 1 aromatic carbocycles. The van der Waals surface area contributed by atoms with Crippen molar-refractivity contribution in [2.24, 2.45) is 0 Å². The van der Waals surface area contributed by atoms with Gasteiger partial charge < -0.3 is 5.32 Å². The SMILES string of the molecule is C#CCNc1ccc(C)c(-n2cnnn2)c1. The summed E-state index contributed by atoms with van der Waals surface area (Å²) in [5, 5.41) is 14.2. The summed E-state index contributed by atoms with van der Waals surface area (Å²) in [6, 6.07) is 5.93. The molecule has 0 saturated carbocycles. The number of anilines is 1. The summed E-state index contributed by atoms with van der Waals surface area (Å²) in [6.45, 7) is 2.50. The van der Waals surface area contributed by atoms with E-state index in [1.165, 1.54) is 0 Å². The van der Waals surface area contributed by atoms with Crippen LogP contribution >= 0.6 is 0 Å². The van der Waals surface area contributed by atoms with Crippen molar-refractivity contribution in [1.82, 2.24) is 20.2 Å². The molecule has 16 heavy (non-hydrogen) atoms. The summed E-state index contributed by atoms with van der Waals surface area (Å²) in [5.74, 6) is 2.53. The molecule has 0 fully saturated rings. The molecule has 1 heterocycles. The molecule has 0 aliphatic heterocycles. The summed E-state index contributed by atoms with van der Waals surface area (Å²) in [6.07, 6.45) is 6.75. The zero-order valence-electron chi connectivity index (χ0n) is 8.88. The number of hydrogen-bond donors (Lipinski definition) is 1. The predicted octanol–water partition coefficient (Wildman–Crippen LogP) is 1.02. The van der Waals surface area contributed by atoms with Gasteiger partial charge in [0.2, 0.25) is 0 Å². The second-order valence-corrected chi connectivity index (χ2v) is 3.31. The third-order valence-corrected chi connectivity index (χ3v) is 2.20. The fraction of sp³-hybridized carbons (Fsp3) is 0.182. The van der Waals surface area contributed by atoms with Crippen LogP contribution in [0, 0.1) is 19.3 Å². The van der Waals surface area contributed by atoms with Crippen LogP contribution in [-0.4, -0.2) is 26.8 Å². The van der Waals surface area contributed by atoms with Crippen LogP contribution < -0.4 is 5.32 Å². The van der Waals surface area contributed by atoms with Crippen LogP contribution in [0.5, 0.6) is 0 Å². The Morgan fingerprint density at radius 2 is 2.38 bits per heavy atom. The maximum Gasteiger partial charge on any atom is 0.143 e. The first-order valence-electron chi connectivity index (χ1n) is 4.82. The van der Waals surface area contributed by atoms with Crippen LogP contribution in [0.2, 0.25) is 0 Å². The molecule has 0 radical (unpaired) electrons. The molecule has 0 atom stereocenters. The van der Waals surface area contributed by atoms with Crippen LogP contribution in [-0.2, 0) is 0 Å². The van der Waals surface area contributed by atoms with Gasteiger partial charge in [0.1, 0.15) is 6.33 Å². The Bertz CT molecular complexity index is 510. The average Bonchev–Trinajstić information content (AvgIpc) is 2.81. The van der Waals surface area contributed by atoms with E-state index in [4.69, 9.17) is 6.42 Å². The third kappa shape index (κ3) is 2.01. The molecule has 2 rings (SSSR count). The van der Waals surface area contributed by atoms with E-state index >= 15 is 0 Å². The standard InChI is InChI=1S/C11H11N5/c1-3-6-12-10-5-4-9(2)11(7-10)16-8-13-14-15-16/h1,4-5,7-8,12H,6H2,2H3. The molecule has 5 nitrogen and oxygen atoms in total. The van der Waals surface area contributed by atoms with Crippen molar-refractivity contribution in [3.05, 3.63) is 30.1 Å². The first-order chi connectivity index (χ1) is 7.81. The van der Waals surface area contributed by atoms with Gasteiger partial charge in [-0.2, -0.15) is 0 Å². The van der Waals surface area contributed by atoms with Crippen LogP contribution in [0.25, 0.3) is 5.69 Å². The molecular formula is C11H11N5. The fourth-order valence-electron chi connectivity index (χ4n) is 1.39. The summed E-state index contributed by atoms with van der Waals surface area (Å²) in [4.78, 5) is 0. The molecule has 0 unspecified atom stereocenters. The number of hydrogen-bond acceptors (Lipinski definition) is 4. The van der Waals surface area contributed by atoms with Gasteiger partial charge >= 0.3 is 0 Å². The largest absolute Gasteiger partial charge is 0.374 e. The van der Waals surface area contributed by atoms with E-state index in [0.717, 1.165) is 16.9 Å². The number of aromatic nitrogens is 4. The molecule has 1 N–H and O–H groups in total. The highest BCUT2D eigenvalue weighted by Gasteiger charge is 2.03. The highest BCUT2D eigenvalue weighted by atomic mass is 15.5. The van der Waals surface area contributed by atoms with Gasteiger partial charge in [0.25, 0.3) is 0 Å². The lowest BCUT2D eigenvalue weighted by atomic mass is 10.2. The topological polar surface area (TPSA) is 55.6 Å². The first-order valence-corrected chi connectivity index (χ1v) is 4.82. The Morgan fingerprint density at radius 1 is 1.50 bits per heavy atom. The summed E-state index contributed by atoms with van der Waals surface area (Å²) in [7, 11) is 0. The van der Waals surface area contributed by atoms with Crippen LogP contribution in [0.15, 0.2) is 24.5 Å². The van der Waals surface area contributed by atoms with Gasteiger partial charge in [-0.3, -0.25) is 0 Å². The zero-order valence-corrected chi connectivity index (χ0v) is 8.88.